The lowest BCUT2D eigenvalue weighted by atomic mass is 10.1. The summed E-state index contributed by atoms with van der Waals surface area (Å²) < 4.78 is 11.2. The SMILES string of the molecule is CCOc1cccc(CCNc2c(C)cccc2OCC)c1. The van der Waals surface area contributed by atoms with Crippen LogP contribution in [0.3, 0.4) is 0 Å². The van der Waals surface area contributed by atoms with Crippen molar-refractivity contribution in [2.45, 2.75) is 27.2 Å². The van der Waals surface area contributed by atoms with E-state index < -0.39 is 0 Å². The van der Waals surface area contributed by atoms with E-state index in [0.29, 0.717) is 13.2 Å². The molecule has 22 heavy (non-hydrogen) atoms. The van der Waals surface area contributed by atoms with Crippen molar-refractivity contribution in [1.82, 2.24) is 0 Å². The van der Waals surface area contributed by atoms with Crippen LogP contribution in [0.5, 0.6) is 11.5 Å². The predicted octanol–water partition coefficient (Wildman–Crippen LogP) is 4.45. The fraction of sp³-hybridized carbons (Fsp3) is 0.368. The first kappa shape index (κ1) is 16.2. The van der Waals surface area contributed by atoms with E-state index in [1.165, 1.54) is 11.1 Å². The first-order valence-electron chi connectivity index (χ1n) is 7.92. The molecular weight excluding hydrogens is 274 g/mol. The van der Waals surface area contributed by atoms with Crippen molar-refractivity contribution in [1.29, 1.82) is 0 Å². The summed E-state index contributed by atoms with van der Waals surface area (Å²) in [6, 6.07) is 14.4. The van der Waals surface area contributed by atoms with Gasteiger partial charge in [0, 0.05) is 6.54 Å². The Labute approximate surface area is 133 Å². The minimum Gasteiger partial charge on any atom is -0.494 e. The van der Waals surface area contributed by atoms with Crippen LogP contribution in [-0.2, 0) is 6.42 Å². The van der Waals surface area contributed by atoms with Gasteiger partial charge < -0.3 is 14.8 Å². The predicted molar refractivity (Wildman–Crippen MR) is 92.2 cm³/mol. The second-order valence-electron chi connectivity index (χ2n) is 5.14. The zero-order valence-electron chi connectivity index (χ0n) is 13.7. The molecule has 3 heteroatoms. The van der Waals surface area contributed by atoms with Crippen LogP contribution in [-0.4, -0.2) is 19.8 Å². The lowest BCUT2D eigenvalue weighted by Crippen LogP contribution is -2.08. The van der Waals surface area contributed by atoms with Crippen molar-refractivity contribution >= 4 is 5.69 Å². The summed E-state index contributed by atoms with van der Waals surface area (Å²) in [5, 5.41) is 3.50. The zero-order valence-corrected chi connectivity index (χ0v) is 13.7. The average molecular weight is 299 g/mol. The number of hydrogen-bond acceptors (Lipinski definition) is 3. The molecule has 0 amide bonds. The third kappa shape index (κ3) is 4.42. The molecule has 0 aromatic heterocycles. The molecule has 0 atom stereocenters. The quantitative estimate of drug-likeness (QED) is 0.781. The van der Waals surface area contributed by atoms with E-state index in [4.69, 9.17) is 9.47 Å². The summed E-state index contributed by atoms with van der Waals surface area (Å²) in [5.74, 6) is 1.86. The Kier molecular flexibility index (Phi) is 6.13. The Morgan fingerprint density at radius 1 is 0.955 bits per heavy atom. The molecule has 0 aliphatic carbocycles. The lowest BCUT2D eigenvalue weighted by Gasteiger charge is -2.15. The second kappa shape index (κ2) is 8.32. The Morgan fingerprint density at radius 2 is 1.73 bits per heavy atom. The van der Waals surface area contributed by atoms with Gasteiger partial charge in [0.15, 0.2) is 0 Å². The van der Waals surface area contributed by atoms with Crippen molar-refractivity contribution in [2.75, 3.05) is 25.1 Å². The molecule has 0 saturated heterocycles. The van der Waals surface area contributed by atoms with Crippen LogP contribution < -0.4 is 14.8 Å². The van der Waals surface area contributed by atoms with Crippen LogP contribution in [0.4, 0.5) is 5.69 Å². The highest BCUT2D eigenvalue weighted by Gasteiger charge is 2.06. The zero-order chi connectivity index (χ0) is 15.8. The second-order valence-corrected chi connectivity index (χ2v) is 5.14. The molecule has 2 aromatic rings. The third-order valence-electron chi connectivity index (χ3n) is 3.46. The highest BCUT2D eigenvalue weighted by atomic mass is 16.5. The normalized spacial score (nSPS) is 10.3. The van der Waals surface area contributed by atoms with E-state index >= 15 is 0 Å². The van der Waals surface area contributed by atoms with Gasteiger partial charge in [0.05, 0.1) is 18.9 Å². The van der Waals surface area contributed by atoms with Crippen molar-refractivity contribution < 1.29 is 9.47 Å². The maximum absolute atomic E-state index is 5.69. The molecule has 0 aliphatic rings. The van der Waals surface area contributed by atoms with E-state index in [-0.39, 0.29) is 0 Å². The first-order chi connectivity index (χ1) is 10.7. The number of rotatable bonds is 8. The molecule has 118 valence electrons. The van der Waals surface area contributed by atoms with Crippen LogP contribution in [0.25, 0.3) is 0 Å². The molecule has 0 unspecified atom stereocenters. The van der Waals surface area contributed by atoms with Crippen molar-refractivity contribution in [3.8, 4) is 11.5 Å². The molecule has 2 aromatic carbocycles. The number of aryl methyl sites for hydroxylation is 1. The van der Waals surface area contributed by atoms with Crippen LogP contribution in [0.2, 0.25) is 0 Å². The van der Waals surface area contributed by atoms with Crippen LogP contribution in [0, 0.1) is 6.92 Å². The molecule has 0 radical (unpaired) electrons. The topological polar surface area (TPSA) is 30.5 Å². The summed E-state index contributed by atoms with van der Waals surface area (Å²) in [6.07, 6.45) is 0.945. The maximum atomic E-state index is 5.69. The largest absolute Gasteiger partial charge is 0.494 e. The monoisotopic (exact) mass is 299 g/mol. The van der Waals surface area contributed by atoms with Crippen molar-refractivity contribution in [3.63, 3.8) is 0 Å². The van der Waals surface area contributed by atoms with Crippen LogP contribution in [0.15, 0.2) is 42.5 Å². The molecule has 1 N–H and O–H groups in total. The summed E-state index contributed by atoms with van der Waals surface area (Å²) in [7, 11) is 0. The van der Waals surface area contributed by atoms with Gasteiger partial charge >= 0.3 is 0 Å². The molecule has 0 spiro atoms. The summed E-state index contributed by atoms with van der Waals surface area (Å²) in [5.41, 5.74) is 3.56. The van der Waals surface area contributed by atoms with E-state index in [2.05, 4.69) is 30.4 Å². The Hall–Kier alpha value is -2.16. The summed E-state index contributed by atoms with van der Waals surface area (Å²) in [6.45, 7) is 8.34. The minimum atomic E-state index is 0.675. The summed E-state index contributed by atoms with van der Waals surface area (Å²) >= 11 is 0. The molecule has 0 fully saturated rings. The van der Waals surface area contributed by atoms with Gasteiger partial charge in [-0.05, 0) is 56.5 Å². The van der Waals surface area contributed by atoms with Gasteiger partial charge in [-0.1, -0.05) is 24.3 Å². The van der Waals surface area contributed by atoms with Gasteiger partial charge in [-0.15, -0.1) is 0 Å². The number of ether oxygens (including phenoxy) is 2. The average Bonchev–Trinajstić information content (AvgIpc) is 2.51. The maximum Gasteiger partial charge on any atom is 0.142 e. The van der Waals surface area contributed by atoms with Gasteiger partial charge in [0.25, 0.3) is 0 Å². The van der Waals surface area contributed by atoms with Gasteiger partial charge in [-0.25, -0.2) is 0 Å². The van der Waals surface area contributed by atoms with Crippen LogP contribution >= 0.6 is 0 Å². The van der Waals surface area contributed by atoms with Gasteiger partial charge in [0.1, 0.15) is 11.5 Å². The fourth-order valence-electron chi connectivity index (χ4n) is 2.43. The minimum absolute atomic E-state index is 0.675. The Bertz CT molecular complexity index is 596. The molecule has 0 aliphatic heterocycles. The molecule has 0 heterocycles. The molecule has 0 saturated carbocycles. The van der Waals surface area contributed by atoms with E-state index in [1.807, 2.05) is 38.1 Å². The highest BCUT2D eigenvalue weighted by molar-refractivity contribution is 5.61. The highest BCUT2D eigenvalue weighted by Crippen LogP contribution is 2.28. The standard InChI is InChI=1S/C19H25NO2/c1-4-21-17-10-7-9-16(14-17)12-13-20-19-15(3)8-6-11-18(19)22-5-2/h6-11,14,20H,4-5,12-13H2,1-3H3. The van der Waals surface area contributed by atoms with Crippen LogP contribution in [0.1, 0.15) is 25.0 Å². The molecular formula is C19H25NO2. The van der Waals surface area contributed by atoms with Gasteiger partial charge in [-0.3, -0.25) is 0 Å². The Morgan fingerprint density at radius 3 is 2.50 bits per heavy atom. The summed E-state index contributed by atoms with van der Waals surface area (Å²) in [4.78, 5) is 0. The third-order valence-corrected chi connectivity index (χ3v) is 3.46. The van der Waals surface area contributed by atoms with Crippen molar-refractivity contribution in [2.24, 2.45) is 0 Å². The Balaban J connectivity index is 1.98. The van der Waals surface area contributed by atoms with Crippen molar-refractivity contribution in [3.05, 3.63) is 53.6 Å². The number of benzene rings is 2. The number of para-hydroxylation sites is 1. The smallest absolute Gasteiger partial charge is 0.142 e. The number of anilines is 1. The first-order valence-corrected chi connectivity index (χ1v) is 7.92. The lowest BCUT2D eigenvalue weighted by molar-refractivity contribution is 0.340. The molecule has 2 rings (SSSR count). The fourth-order valence-corrected chi connectivity index (χ4v) is 2.43. The molecule has 3 nitrogen and oxygen atoms in total. The van der Waals surface area contributed by atoms with Gasteiger partial charge in [-0.2, -0.15) is 0 Å². The van der Waals surface area contributed by atoms with E-state index in [1.54, 1.807) is 0 Å². The van der Waals surface area contributed by atoms with E-state index in [9.17, 15) is 0 Å². The molecule has 0 bridgehead atoms. The van der Waals surface area contributed by atoms with E-state index in [0.717, 1.165) is 30.2 Å². The number of nitrogens with one attached hydrogen (secondary N) is 1. The number of hydrogen-bond donors (Lipinski definition) is 1. The van der Waals surface area contributed by atoms with Gasteiger partial charge in [0.2, 0.25) is 0 Å².